The second-order valence-electron chi connectivity index (χ2n) is 13.2. The van der Waals surface area contributed by atoms with Crippen LogP contribution in [-0.2, 0) is 0 Å². The van der Waals surface area contributed by atoms with E-state index < -0.39 is 0 Å². The number of hydrogen-bond acceptors (Lipinski definition) is 3. The molecule has 0 amide bonds. The highest BCUT2D eigenvalue weighted by Gasteiger charge is 2.20. The van der Waals surface area contributed by atoms with Crippen molar-refractivity contribution in [3.05, 3.63) is 201 Å². The molecule has 53 heavy (non-hydrogen) atoms. The lowest BCUT2D eigenvalue weighted by atomic mass is 10.0. The number of fused-ring (bicyclic) bond motifs is 5. The van der Waals surface area contributed by atoms with Crippen molar-refractivity contribution in [1.82, 2.24) is 19.1 Å². The molecule has 0 aliphatic rings. The summed E-state index contributed by atoms with van der Waals surface area (Å²) in [6.45, 7) is 0. The maximum atomic E-state index is 4.59. The molecule has 0 spiro atoms. The Bertz CT molecular complexity index is 2760. The third-order valence-electron chi connectivity index (χ3n) is 10.1. The van der Waals surface area contributed by atoms with Crippen LogP contribution >= 0.6 is 0 Å². The maximum absolute atomic E-state index is 4.59. The number of para-hydroxylation sites is 2. The van der Waals surface area contributed by atoms with Crippen molar-refractivity contribution < 1.29 is 0 Å². The average Bonchev–Trinajstić information content (AvgIpc) is 3.82. The van der Waals surface area contributed by atoms with Crippen molar-refractivity contribution in [3.63, 3.8) is 0 Å². The lowest BCUT2D eigenvalue weighted by molar-refractivity contribution is 1.13. The number of benzene rings is 6. The first-order valence-corrected chi connectivity index (χ1v) is 17.8. The SMILES string of the molecule is c1ccc(-n2ccc3c2ccc2c4cc(N(c5ccc(-c6ccncc6)cc5)c5ccc(-c6ccccn6)cc5)ccc4n(-c4ccccc4)c23)cc1. The van der Waals surface area contributed by atoms with Gasteiger partial charge >= 0.3 is 0 Å². The van der Waals surface area contributed by atoms with E-state index in [1.54, 1.807) is 0 Å². The minimum atomic E-state index is 0.954. The van der Waals surface area contributed by atoms with Crippen molar-refractivity contribution in [2.45, 2.75) is 0 Å². The molecule has 0 aliphatic heterocycles. The molecule has 4 aromatic heterocycles. The molecule has 0 atom stereocenters. The van der Waals surface area contributed by atoms with Gasteiger partial charge in [0.05, 0.1) is 22.2 Å². The first-order chi connectivity index (χ1) is 26.3. The Morgan fingerprint density at radius 3 is 1.74 bits per heavy atom. The maximum Gasteiger partial charge on any atom is 0.0701 e. The molecule has 10 aromatic rings. The van der Waals surface area contributed by atoms with Crippen LogP contribution in [0.2, 0.25) is 0 Å². The fraction of sp³-hybridized carbons (Fsp3) is 0. The first kappa shape index (κ1) is 30.6. The van der Waals surface area contributed by atoms with Crippen LogP contribution in [0.1, 0.15) is 0 Å². The fourth-order valence-electron chi connectivity index (χ4n) is 7.62. The van der Waals surface area contributed by atoms with E-state index in [-0.39, 0.29) is 0 Å². The van der Waals surface area contributed by atoms with E-state index in [1.807, 2.05) is 48.9 Å². The fourth-order valence-corrected chi connectivity index (χ4v) is 7.62. The van der Waals surface area contributed by atoms with Gasteiger partial charge in [-0.1, -0.05) is 72.8 Å². The van der Waals surface area contributed by atoms with Gasteiger partial charge < -0.3 is 14.0 Å². The lowest BCUT2D eigenvalue weighted by Crippen LogP contribution is -2.10. The van der Waals surface area contributed by atoms with E-state index in [2.05, 4.69) is 176 Å². The first-order valence-electron chi connectivity index (χ1n) is 17.8. The Labute approximate surface area is 307 Å². The van der Waals surface area contributed by atoms with Gasteiger partial charge in [-0.3, -0.25) is 9.97 Å². The highest BCUT2D eigenvalue weighted by Crippen LogP contribution is 2.42. The zero-order valence-corrected chi connectivity index (χ0v) is 28.8. The van der Waals surface area contributed by atoms with E-state index in [9.17, 15) is 0 Å². The second kappa shape index (κ2) is 12.8. The van der Waals surface area contributed by atoms with Crippen LogP contribution in [0.4, 0.5) is 17.1 Å². The molecule has 5 nitrogen and oxygen atoms in total. The molecule has 0 bridgehead atoms. The predicted octanol–water partition coefficient (Wildman–Crippen LogP) is 12.3. The number of pyridine rings is 2. The van der Waals surface area contributed by atoms with Crippen molar-refractivity contribution in [2.24, 2.45) is 0 Å². The summed E-state index contributed by atoms with van der Waals surface area (Å²) in [5, 5.41) is 3.61. The molecule has 0 N–H and O–H groups in total. The minimum absolute atomic E-state index is 0.954. The normalized spacial score (nSPS) is 11.4. The number of nitrogens with zero attached hydrogens (tertiary/aromatic N) is 5. The molecule has 0 unspecified atom stereocenters. The summed E-state index contributed by atoms with van der Waals surface area (Å²) in [5.74, 6) is 0. The standard InChI is InChI=1S/C48H33N5/c1-3-9-37(10-4-1)51-32-28-43-46(51)25-23-42-44-33-41(22-24-47(44)53(48(42)43)38-11-5-2-6-12-38)52(39-18-14-34(15-19-39)35-26-30-49-31-27-35)40-20-16-36(17-21-40)45-13-7-8-29-50-45/h1-33H. The van der Waals surface area contributed by atoms with Crippen molar-refractivity contribution in [2.75, 3.05) is 4.90 Å². The smallest absolute Gasteiger partial charge is 0.0701 e. The topological polar surface area (TPSA) is 38.9 Å². The van der Waals surface area contributed by atoms with Crippen molar-refractivity contribution >= 4 is 49.8 Å². The molecule has 250 valence electrons. The Hall–Kier alpha value is -7.24. The quantitative estimate of drug-likeness (QED) is 0.168. The molecule has 5 heteroatoms. The number of rotatable bonds is 7. The summed E-state index contributed by atoms with van der Waals surface area (Å²) in [7, 11) is 0. The molecule has 0 fully saturated rings. The van der Waals surface area contributed by atoms with Gasteiger partial charge in [-0.15, -0.1) is 0 Å². The molecule has 4 heterocycles. The summed E-state index contributed by atoms with van der Waals surface area (Å²) < 4.78 is 4.70. The zero-order chi connectivity index (χ0) is 35.1. The van der Waals surface area contributed by atoms with E-state index in [0.29, 0.717) is 0 Å². The van der Waals surface area contributed by atoms with Crippen LogP contribution in [0.15, 0.2) is 201 Å². The Morgan fingerprint density at radius 2 is 1.04 bits per heavy atom. The second-order valence-corrected chi connectivity index (χ2v) is 13.2. The number of aromatic nitrogens is 4. The molecule has 0 saturated carbocycles. The van der Waals surface area contributed by atoms with Gasteiger partial charge in [-0.05, 0) is 114 Å². The van der Waals surface area contributed by atoms with Crippen LogP contribution < -0.4 is 4.90 Å². The van der Waals surface area contributed by atoms with Crippen LogP contribution in [0, 0.1) is 0 Å². The van der Waals surface area contributed by atoms with Crippen molar-refractivity contribution in [3.8, 4) is 33.8 Å². The molecule has 0 aliphatic carbocycles. The highest BCUT2D eigenvalue weighted by atomic mass is 15.1. The highest BCUT2D eigenvalue weighted by molar-refractivity contribution is 6.19. The molecule has 10 rings (SSSR count). The molecule has 6 aromatic carbocycles. The van der Waals surface area contributed by atoms with E-state index in [4.69, 9.17) is 0 Å². The van der Waals surface area contributed by atoms with Gasteiger partial charge in [0.2, 0.25) is 0 Å². The van der Waals surface area contributed by atoms with E-state index in [0.717, 1.165) is 56.3 Å². The minimum Gasteiger partial charge on any atom is -0.316 e. The van der Waals surface area contributed by atoms with E-state index in [1.165, 1.54) is 27.2 Å². The van der Waals surface area contributed by atoms with Crippen molar-refractivity contribution in [1.29, 1.82) is 0 Å². The Balaban J connectivity index is 1.17. The van der Waals surface area contributed by atoms with Gasteiger partial charge in [0, 0.05) is 74.9 Å². The third-order valence-corrected chi connectivity index (χ3v) is 10.1. The predicted molar refractivity (Wildman–Crippen MR) is 219 cm³/mol. The van der Waals surface area contributed by atoms with Gasteiger partial charge in [-0.25, -0.2) is 0 Å². The summed E-state index contributed by atoms with van der Waals surface area (Å²) in [6.07, 6.45) is 7.70. The zero-order valence-electron chi connectivity index (χ0n) is 28.8. The molecule has 0 saturated heterocycles. The Morgan fingerprint density at radius 1 is 0.415 bits per heavy atom. The number of hydrogen-bond donors (Lipinski definition) is 0. The van der Waals surface area contributed by atoms with Gasteiger partial charge in [0.25, 0.3) is 0 Å². The summed E-state index contributed by atoms with van der Waals surface area (Å²) >= 11 is 0. The molecular formula is C48H33N5. The monoisotopic (exact) mass is 679 g/mol. The Kier molecular flexibility index (Phi) is 7.40. The van der Waals surface area contributed by atoms with Gasteiger partial charge in [0.15, 0.2) is 0 Å². The summed E-state index contributed by atoms with van der Waals surface area (Å²) in [5.41, 5.74) is 13.3. The van der Waals surface area contributed by atoms with Crippen LogP contribution in [-0.4, -0.2) is 19.1 Å². The lowest BCUT2D eigenvalue weighted by Gasteiger charge is -2.26. The van der Waals surface area contributed by atoms with Crippen LogP contribution in [0.25, 0.3) is 66.5 Å². The van der Waals surface area contributed by atoms with Gasteiger partial charge in [-0.2, -0.15) is 0 Å². The van der Waals surface area contributed by atoms with E-state index >= 15 is 0 Å². The van der Waals surface area contributed by atoms with Gasteiger partial charge in [0.1, 0.15) is 0 Å². The number of anilines is 3. The van der Waals surface area contributed by atoms with Crippen LogP contribution in [0.5, 0.6) is 0 Å². The average molecular weight is 680 g/mol. The molecular weight excluding hydrogens is 647 g/mol. The molecule has 0 radical (unpaired) electrons. The van der Waals surface area contributed by atoms with Crippen LogP contribution in [0.3, 0.4) is 0 Å². The summed E-state index contributed by atoms with van der Waals surface area (Å²) in [4.78, 5) is 11.1. The summed E-state index contributed by atoms with van der Waals surface area (Å²) in [6, 6.07) is 62.5. The third kappa shape index (κ3) is 5.34. The largest absolute Gasteiger partial charge is 0.316 e.